The molecule has 0 radical (unpaired) electrons. The van der Waals surface area contributed by atoms with Crippen molar-refractivity contribution in [3.05, 3.63) is 97.1 Å². The van der Waals surface area contributed by atoms with Gasteiger partial charge in [-0.2, -0.15) is 0 Å². The Bertz CT molecular complexity index is 1030. The van der Waals surface area contributed by atoms with E-state index in [1.54, 1.807) is 36.4 Å². The number of aliphatic hydroxyl groups is 1. The molecule has 4 aromatic carbocycles. The molecule has 0 fully saturated rings. The van der Waals surface area contributed by atoms with Crippen LogP contribution in [0.1, 0.15) is 6.42 Å². The number of aromatic hydroxyl groups is 3. The van der Waals surface area contributed by atoms with E-state index in [0.29, 0.717) is 13.0 Å². The summed E-state index contributed by atoms with van der Waals surface area (Å²) in [4.78, 5) is 0. The molecular weight excluding hydrogens is 404 g/mol. The van der Waals surface area contributed by atoms with Crippen molar-refractivity contribution in [1.82, 2.24) is 0 Å². The number of phenols is 3. The molecule has 0 unspecified atom stereocenters. The number of hydrogen-bond donors (Lipinski definition) is 4. The molecule has 0 saturated carbocycles. The SMILES string of the molecule is OCCCOc1ccc(-c2ccc(O)cc2)cc1.Oc1ccc(-c2ccc(O)cc2)cc1. The van der Waals surface area contributed by atoms with Gasteiger partial charge in [0.25, 0.3) is 0 Å². The molecule has 5 nitrogen and oxygen atoms in total. The molecule has 4 aromatic rings. The maximum absolute atomic E-state index is 9.23. The van der Waals surface area contributed by atoms with Crippen LogP contribution in [-0.4, -0.2) is 33.6 Å². The summed E-state index contributed by atoms with van der Waals surface area (Å²) >= 11 is 0. The number of ether oxygens (including phenoxy) is 1. The van der Waals surface area contributed by atoms with E-state index in [1.807, 2.05) is 60.7 Å². The first kappa shape index (κ1) is 22.7. The predicted octanol–water partition coefficient (Wildman–Crippen LogP) is 5.59. The van der Waals surface area contributed by atoms with E-state index in [-0.39, 0.29) is 23.9 Å². The number of aliphatic hydroxyl groups excluding tert-OH is 1. The summed E-state index contributed by atoms with van der Waals surface area (Å²) in [7, 11) is 0. The van der Waals surface area contributed by atoms with Gasteiger partial charge in [0.05, 0.1) is 6.61 Å². The Morgan fingerprint density at radius 1 is 0.469 bits per heavy atom. The molecule has 4 rings (SSSR count). The van der Waals surface area contributed by atoms with Gasteiger partial charge in [0, 0.05) is 13.0 Å². The molecule has 164 valence electrons. The van der Waals surface area contributed by atoms with Gasteiger partial charge in [-0.15, -0.1) is 0 Å². The molecule has 0 aliphatic carbocycles. The maximum Gasteiger partial charge on any atom is 0.119 e. The van der Waals surface area contributed by atoms with Crippen LogP contribution in [0.25, 0.3) is 22.3 Å². The average Bonchev–Trinajstić information content (AvgIpc) is 2.82. The van der Waals surface area contributed by atoms with E-state index in [9.17, 15) is 5.11 Å². The smallest absolute Gasteiger partial charge is 0.119 e. The Balaban J connectivity index is 0.000000186. The number of rotatable bonds is 6. The summed E-state index contributed by atoms with van der Waals surface area (Å²) in [6, 6.07) is 28.7. The van der Waals surface area contributed by atoms with Crippen molar-refractivity contribution in [1.29, 1.82) is 0 Å². The first-order valence-electron chi connectivity index (χ1n) is 10.3. The number of hydrogen-bond acceptors (Lipinski definition) is 5. The Morgan fingerprint density at radius 3 is 1.09 bits per heavy atom. The molecule has 0 amide bonds. The van der Waals surface area contributed by atoms with Crippen LogP contribution in [0.4, 0.5) is 0 Å². The highest BCUT2D eigenvalue weighted by Gasteiger charge is 1.99. The third kappa shape index (κ3) is 6.79. The van der Waals surface area contributed by atoms with Gasteiger partial charge in [-0.3, -0.25) is 0 Å². The van der Waals surface area contributed by atoms with Crippen molar-refractivity contribution in [2.24, 2.45) is 0 Å². The molecule has 0 spiro atoms. The summed E-state index contributed by atoms with van der Waals surface area (Å²) in [6.07, 6.45) is 0.639. The lowest BCUT2D eigenvalue weighted by Crippen LogP contribution is -1.99. The molecule has 5 heteroatoms. The fourth-order valence-electron chi connectivity index (χ4n) is 2.96. The summed E-state index contributed by atoms with van der Waals surface area (Å²) in [5.41, 5.74) is 4.16. The lowest BCUT2D eigenvalue weighted by atomic mass is 10.1. The zero-order valence-corrected chi connectivity index (χ0v) is 17.6. The molecule has 0 heterocycles. The summed E-state index contributed by atoms with van der Waals surface area (Å²) < 4.78 is 5.46. The van der Waals surface area contributed by atoms with Crippen LogP contribution < -0.4 is 4.74 Å². The lowest BCUT2D eigenvalue weighted by molar-refractivity contribution is 0.233. The van der Waals surface area contributed by atoms with E-state index in [4.69, 9.17) is 20.1 Å². The highest BCUT2D eigenvalue weighted by molar-refractivity contribution is 5.65. The normalized spacial score (nSPS) is 10.2. The zero-order chi connectivity index (χ0) is 22.8. The van der Waals surface area contributed by atoms with Gasteiger partial charge in [0.1, 0.15) is 23.0 Å². The Hall–Kier alpha value is -3.96. The van der Waals surface area contributed by atoms with Gasteiger partial charge < -0.3 is 25.2 Å². The zero-order valence-electron chi connectivity index (χ0n) is 17.6. The van der Waals surface area contributed by atoms with Crippen LogP contribution in [0.5, 0.6) is 23.0 Å². The van der Waals surface area contributed by atoms with Crippen LogP contribution in [0, 0.1) is 0 Å². The molecule has 32 heavy (non-hydrogen) atoms. The van der Waals surface area contributed by atoms with Gasteiger partial charge in [-0.1, -0.05) is 48.5 Å². The van der Waals surface area contributed by atoms with E-state index in [0.717, 1.165) is 28.0 Å². The van der Waals surface area contributed by atoms with Crippen molar-refractivity contribution in [2.45, 2.75) is 6.42 Å². The van der Waals surface area contributed by atoms with Crippen molar-refractivity contribution < 1.29 is 25.2 Å². The second-order valence-electron chi connectivity index (χ2n) is 7.09. The quantitative estimate of drug-likeness (QED) is 0.300. The highest BCUT2D eigenvalue weighted by Crippen LogP contribution is 2.25. The van der Waals surface area contributed by atoms with Crippen molar-refractivity contribution in [3.8, 4) is 45.3 Å². The number of phenolic OH excluding ortho intramolecular Hbond substituents is 3. The predicted molar refractivity (Wildman–Crippen MR) is 126 cm³/mol. The first-order valence-corrected chi connectivity index (χ1v) is 10.3. The van der Waals surface area contributed by atoms with Crippen molar-refractivity contribution in [2.75, 3.05) is 13.2 Å². The van der Waals surface area contributed by atoms with E-state index < -0.39 is 0 Å². The Kier molecular flexibility index (Phi) is 8.12. The highest BCUT2D eigenvalue weighted by atomic mass is 16.5. The molecule has 4 N–H and O–H groups in total. The molecule has 0 aliphatic rings. The summed E-state index contributed by atoms with van der Waals surface area (Å²) in [6.45, 7) is 0.667. The van der Waals surface area contributed by atoms with Gasteiger partial charge in [0.2, 0.25) is 0 Å². The first-order chi connectivity index (χ1) is 15.5. The molecular formula is C27H26O5. The third-order valence-electron chi connectivity index (χ3n) is 4.69. The molecule has 0 bridgehead atoms. The van der Waals surface area contributed by atoms with Crippen LogP contribution >= 0.6 is 0 Å². The van der Waals surface area contributed by atoms with Crippen molar-refractivity contribution in [3.63, 3.8) is 0 Å². The third-order valence-corrected chi connectivity index (χ3v) is 4.69. The monoisotopic (exact) mass is 430 g/mol. The van der Waals surface area contributed by atoms with Crippen LogP contribution in [0.2, 0.25) is 0 Å². The van der Waals surface area contributed by atoms with E-state index >= 15 is 0 Å². The van der Waals surface area contributed by atoms with Gasteiger partial charge in [-0.25, -0.2) is 0 Å². The van der Waals surface area contributed by atoms with E-state index in [1.165, 1.54) is 0 Å². The van der Waals surface area contributed by atoms with Crippen LogP contribution in [-0.2, 0) is 0 Å². The largest absolute Gasteiger partial charge is 0.508 e. The standard InChI is InChI=1S/C15H16O3.C12H10O2/c16-10-1-11-18-15-8-4-13(5-9-15)12-2-6-14(17)7-3-12;13-11-5-1-9(2-6-11)10-3-7-12(14)8-4-10/h2-9,16-17H,1,10-11H2;1-8,13-14H. The lowest BCUT2D eigenvalue weighted by Gasteiger charge is -2.06. The van der Waals surface area contributed by atoms with Gasteiger partial charge in [0.15, 0.2) is 0 Å². The fraction of sp³-hybridized carbons (Fsp3) is 0.111. The minimum Gasteiger partial charge on any atom is -0.508 e. The second kappa shape index (κ2) is 11.4. The maximum atomic E-state index is 9.23. The molecule has 0 aromatic heterocycles. The van der Waals surface area contributed by atoms with Crippen LogP contribution in [0.3, 0.4) is 0 Å². The minimum absolute atomic E-state index is 0.144. The van der Waals surface area contributed by atoms with Gasteiger partial charge in [-0.05, 0) is 70.8 Å². The van der Waals surface area contributed by atoms with E-state index in [2.05, 4.69) is 0 Å². The topological polar surface area (TPSA) is 90.2 Å². The Morgan fingerprint density at radius 2 is 0.781 bits per heavy atom. The van der Waals surface area contributed by atoms with Crippen molar-refractivity contribution >= 4 is 0 Å². The Labute approximate surface area is 187 Å². The summed E-state index contributed by atoms with van der Waals surface area (Å²) in [5.74, 6) is 1.58. The minimum atomic E-state index is 0.144. The van der Waals surface area contributed by atoms with Crippen LogP contribution in [0.15, 0.2) is 97.1 Å². The van der Waals surface area contributed by atoms with Gasteiger partial charge >= 0.3 is 0 Å². The average molecular weight is 431 g/mol. The molecule has 0 saturated heterocycles. The molecule has 0 aliphatic heterocycles. The summed E-state index contributed by atoms with van der Waals surface area (Å²) in [5, 5.41) is 36.1. The second-order valence-corrected chi connectivity index (χ2v) is 7.09. The molecule has 0 atom stereocenters. The fourth-order valence-corrected chi connectivity index (χ4v) is 2.96. The number of benzene rings is 4.